The second kappa shape index (κ2) is 3.95. The van der Waals surface area contributed by atoms with E-state index in [1.165, 1.54) is 11.3 Å². The van der Waals surface area contributed by atoms with Gasteiger partial charge in [0.1, 0.15) is 0 Å². The van der Waals surface area contributed by atoms with Gasteiger partial charge in [0.15, 0.2) is 0 Å². The zero-order valence-electron chi connectivity index (χ0n) is 12.5. The molecule has 4 heteroatoms. The normalized spacial score (nSPS) is 34.7. The predicted molar refractivity (Wildman–Crippen MR) is 75.9 cm³/mol. The van der Waals surface area contributed by atoms with Crippen molar-refractivity contribution in [1.29, 1.82) is 5.26 Å². The third-order valence-corrected chi connectivity index (χ3v) is 5.43. The van der Waals surface area contributed by atoms with Crippen LogP contribution in [0.2, 0.25) is 0 Å². The zero-order valence-corrected chi connectivity index (χ0v) is 12.5. The average molecular weight is 271 g/mol. The molecule has 0 bridgehead atoms. The SMILES string of the molecule is Cn1ncc2c1[C@@]1(C)C=C(C#N)C(O)C(C)(C)[C@@H]1CC2. The van der Waals surface area contributed by atoms with Gasteiger partial charge in [-0.3, -0.25) is 4.68 Å². The van der Waals surface area contributed by atoms with Gasteiger partial charge in [0.2, 0.25) is 0 Å². The van der Waals surface area contributed by atoms with Crippen molar-refractivity contribution in [3.05, 3.63) is 29.1 Å². The Kier molecular flexibility index (Phi) is 2.65. The van der Waals surface area contributed by atoms with Gasteiger partial charge in [0.05, 0.1) is 29.6 Å². The van der Waals surface area contributed by atoms with Crippen molar-refractivity contribution in [3.8, 4) is 6.07 Å². The zero-order chi connectivity index (χ0) is 14.7. The molecule has 3 rings (SSSR count). The number of nitriles is 1. The molecular formula is C16H21N3O. The van der Waals surface area contributed by atoms with Crippen LogP contribution in [0.4, 0.5) is 0 Å². The molecule has 0 spiro atoms. The Hall–Kier alpha value is -1.60. The van der Waals surface area contributed by atoms with Crippen molar-refractivity contribution in [2.45, 2.75) is 45.1 Å². The number of hydrogen-bond acceptors (Lipinski definition) is 3. The lowest BCUT2D eigenvalue weighted by Gasteiger charge is -2.53. The summed E-state index contributed by atoms with van der Waals surface area (Å²) in [5.74, 6) is 0.310. The topological polar surface area (TPSA) is 61.8 Å². The number of hydrogen-bond donors (Lipinski definition) is 1. The van der Waals surface area contributed by atoms with Crippen LogP contribution in [0.5, 0.6) is 0 Å². The molecule has 3 atom stereocenters. The number of nitrogens with zero attached hydrogens (tertiary/aromatic N) is 3. The maximum atomic E-state index is 10.5. The molecule has 0 aromatic carbocycles. The quantitative estimate of drug-likeness (QED) is 0.786. The predicted octanol–water partition coefficient (Wildman–Crippen LogP) is 2.09. The van der Waals surface area contributed by atoms with Crippen LogP contribution in [0.15, 0.2) is 17.8 Å². The monoisotopic (exact) mass is 271 g/mol. The lowest BCUT2D eigenvalue weighted by atomic mass is 9.52. The van der Waals surface area contributed by atoms with Crippen LogP contribution >= 0.6 is 0 Å². The van der Waals surface area contributed by atoms with Gasteiger partial charge in [-0.15, -0.1) is 0 Å². The molecule has 2 aliphatic rings. The van der Waals surface area contributed by atoms with Gasteiger partial charge in [0.25, 0.3) is 0 Å². The molecule has 0 radical (unpaired) electrons. The minimum Gasteiger partial charge on any atom is -0.387 e. The standard InChI is InChI=1S/C16H21N3O/c1-15(2)12-6-5-10-9-18-19(4)13(10)16(12,3)7-11(8-17)14(15)20/h7,9,12,14,20H,5-6H2,1-4H3/t12-,14?,16-/m0/s1. The summed E-state index contributed by atoms with van der Waals surface area (Å²) in [5.41, 5.74) is 2.42. The summed E-state index contributed by atoms with van der Waals surface area (Å²) >= 11 is 0. The number of rotatable bonds is 0. The Morgan fingerprint density at radius 2 is 2.15 bits per heavy atom. The second-order valence-electron chi connectivity index (χ2n) is 6.95. The maximum absolute atomic E-state index is 10.5. The molecule has 20 heavy (non-hydrogen) atoms. The molecule has 0 amide bonds. The summed E-state index contributed by atoms with van der Waals surface area (Å²) in [6.07, 6.45) is 5.26. The minimum atomic E-state index is -0.680. The van der Waals surface area contributed by atoms with Crippen LogP contribution in [0.1, 0.15) is 38.4 Å². The largest absolute Gasteiger partial charge is 0.387 e. The van der Waals surface area contributed by atoms with Gasteiger partial charge in [-0.25, -0.2) is 0 Å². The molecule has 4 nitrogen and oxygen atoms in total. The fourth-order valence-electron chi connectivity index (χ4n) is 4.53. The third-order valence-electron chi connectivity index (χ3n) is 5.43. The van der Waals surface area contributed by atoms with Crippen molar-refractivity contribution >= 4 is 0 Å². The molecule has 1 aromatic heterocycles. The molecule has 1 aromatic rings. The molecule has 0 saturated heterocycles. The molecule has 1 N–H and O–H groups in total. The highest BCUT2D eigenvalue weighted by Gasteiger charge is 2.54. The first-order valence-corrected chi connectivity index (χ1v) is 7.14. The lowest BCUT2D eigenvalue weighted by molar-refractivity contribution is -0.0110. The van der Waals surface area contributed by atoms with Crippen molar-refractivity contribution in [1.82, 2.24) is 9.78 Å². The average Bonchev–Trinajstić information content (AvgIpc) is 2.77. The smallest absolute Gasteiger partial charge is 0.0971 e. The van der Waals surface area contributed by atoms with Crippen LogP contribution in [0, 0.1) is 22.7 Å². The van der Waals surface area contributed by atoms with Gasteiger partial charge in [-0.1, -0.05) is 26.8 Å². The van der Waals surface area contributed by atoms with E-state index in [9.17, 15) is 10.4 Å². The number of aliphatic hydroxyl groups excluding tert-OH is 1. The molecule has 2 aliphatic carbocycles. The molecule has 1 heterocycles. The van der Waals surface area contributed by atoms with E-state index < -0.39 is 6.10 Å². The maximum Gasteiger partial charge on any atom is 0.0971 e. The van der Waals surface area contributed by atoms with E-state index in [-0.39, 0.29) is 10.8 Å². The summed E-state index contributed by atoms with van der Waals surface area (Å²) in [5, 5.41) is 24.3. The van der Waals surface area contributed by atoms with Gasteiger partial charge in [0, 0.05) is 12.5 Å². The molecule has 0 saturated carbocycles. The van der Waals surface area contributed by atoms with Crippen molar-refractivity contribution in [2.24, 2.45) is 18.4 Å². The second-order valence-corrected chi connectivity index (χ2v) is 6.95. The van der Waals surface area contributed by atoms with Gasteiger partial charge in [-0.2, -0.15) is 10.4 Å². The van der Waals surface area contributed by atoms with E-state index in [0.29, 0.717) is 11.5 Å². The Bertz CT molecular complexity index is 635. The molecule has 0 fully saturated rings. The fourth-order valence-corrected chi connectivity index (χ4v) is 4.53. The van der Waals surface area contributed by atoms with Gasteiger partial charge in [-0.05, 0) is 29.7 Å². The van der Waals surface area contributed by atoms with Crippen LogP contribution < -0.4 is 0 Å². The summed E-state index contributed by atoms with van der Waals surface area (Å²) in [6, 6.07) is 2.19. The number of allylic oxidation sites excluding steroid dienone is 1. The van der Waals surface area contributed by atoms with Gasteiger partial charge >= 0.3 is 0 Å². The first kappa shape index (κ1) is 13.4. The lowest BCUT2D eigenvalue weighted by Crippen LogP contribution is -2.53. The number of aliphatic hydroxyl groups is 1. The summed E-state index contributed by atoms with van der Waals surface area (Å²) < 4.78 is 1.93. The highest BCUT2D eigenvalue weighted by atomic mass is 16.3. The highest BCUT2D eigenvalue weighted by Crippen LogP contribution is 2.55. The summed E-state index contributed by atoms with van der Waals surface area (Å²) in [6.45, 7) is 6.33. The van der Waals surface area contributed by atoms with E-state index in [2.05, 4.69) is 31.9 Å². The Morgan fingerprint density at radius 3 is 2.80 bits per heavy atom. The Morgan fingerprint density at radius 1 is 1.45 bits per heavy atom. The number of fused-ring (bicyclic) bond motifs is 3. The van der Waals surface area contributed by atoms with E-state index in [0.717, 1.165) is 12.8 Å². The highest BCUT2D eigenvalue weighted by molar-refractivity contribution is 5.44. The summed E-state index contributed by atoms with van der Waals surface area (Å²) in [7, 11) is 1.96. The van der Waals surface area contributed by atoms with E-state index in [1.54, 1.807) is 0 Å². The van der Waals surface area contributed by atoms with Crippen LogP contribution in [0.3, 0.4) is 0 Å². The first-order chi connectivity index (χ1) is 9.32. The molecular weight excluding hydrogens is 250 g/mol. The number of aryl methyl sites for hydroxylation is 2. The van der Waals surface area contributed by atoms with E-state index >= 15 is 0 Å². The van der Waals surface area contributed by atoms with Crippen LogP contribution in [0.25, 0.3) is 0 Å². The molecule has 1 unspecified atom stereocenters. The summed E-state index contributed by atoms with van der Waals surface area (Å²) in [4.78, 5) is 0. The first-order valence-electron chi connectivity index (χ1n) is 7.14. The Labute approximate surface area is 119 Å². The molecule has 0 aliphatic heterocycles. The Balaban J connectivity index is 2.28. The van der Waals surface area contributed by atoms with Crippen molar-refractivity contribution < 1.29 is 5.11 Å². The van der Waals surface area contributed by atoms with Crippen LogP contribution in [-0.4, -0.2) is 21.0 Å². The van der Waals surface area contributed by atoms with Crippen molar-refractivity contribution in [2.75, 3.05) is 0 Å². The van der Waals surface area contributed by atoms with Crippen LogP contribution in [-0.2, 0) is 18.9 Å². The van der Waals surface area contributed by atoms with Gasteiger partial charge < -0.3 is 5.11 Å². The van der Waals surface area contributed by atoms with E-state index in [1.807, 2.05) is 24.0 Å². The van der Waals surface area contributed by atoms with Crippen molar-refractivity contribution in [3.63, 3.8) is 0 Å². The fraction of sp³-hybridized carbons (Fsp3) is 0.625. The third kappa shape index (κ3) is 1.47. The minimum absolute atomic E-state index is 0.230. The molecule has 106 valence electrons. The van der Waals surface area contributed by atoms with E-state index in [4.69, 9.17) is 0 Å². The number of aromatic nitrogens is 2.